The molecule has 0 aliphatic carbocycles. The molecule has 5 nitrogen and oxygen atoms in total. The zero-order valence-corrected chi connectivity index (χ0v) is 12.4. The molecule has 0 aromatic heterocycles. The summed E-state index contributed by atoms with van der Waals surface area (Å²) in [7, 11) is -3.78. The van der Waals surface area contributed by atoms with E-state index < -0.39 is 15.5 Å². The average Bonchev–Trinajstić information content (AvgIpc) is 2.47. The van der Waals surface area contributed by atoms with Gasteiger partial charge in [0.1, 0.15) is 0 Å². The van der Waals surface area contributed by atoms with Crippen molar-refractivity contribution in [2.75, 3.05) is 26.4 Å². The Morgan fingerprint density at radius 1 is 1.25 bits per heavy atom. The first kappa shape index (κ1) is 15.4. The molecule has 0 atom stereocenters. The van der Waals surface area contributed by atoms with Crippen molar-refractivity contribution in [3.8, 4) is 0 Å². The van der Waals surface area contributed by atoms with E-state index in [9.17, 15) is 13.5 Å². The quantitative estimate of drug-likeness (QED) is 0.834. The number of aliphatic hydroxyl groups excluding tert-OH is 1. The zero-order valence-electron chi connectivity index (χ0n) is 11.5. The Labute approximate surface area is 119 Å². The molecule has 1 fully saturated rings. The van der Waals surface area contributed by atoms with Gasteiger partial charge in [-0.3, -0.25) is 4.18 Å². The molecule has 0 radical (unpaired) electrons. The molecule has 112 valence electrons. The summed E-state index contributed by atoms with van der Waals surface area (Å²) >= 11 is 0. The summed E-state index contributed by atoms with van der Waals surface area (Å²) in [5.74, 6) is 0. The topological polar surface area (TPSA) is 72.8 Å². The summed E-state index contributed by atoms with van der Waals surface area (Å²) < 4.78 is 34.6. The lowest BCUT2D eigenvalue weighted by molar-refractivity contribution is -0.0383. The third kappa shape index (κ3) is 3.58. The van der Waals surface area contributed by atoms with E-state index in [1.807, 2.05) is 6.92 Å². The van der Waals surface area contributed by atoms with Crippen LogP contribution in [0.4, 0.5) is 0 Å². The van der Waals surface area contributed by atoms with Crippen molar-refractivity contribution >= 4 is 10.1 Å². The van der Waals surface area contributed by atoms with Gasteiger partial charge in [0.05, 0.1) is 18.1 Å². The van der Waals surface area contributed by atoms with Crippen LogP contribution in [0.15, 0.2) is 29.2 Å². The Morgan fingerprint density at radius 3 is 2.40 bits per heavy atom. The van der Waals surface area contributed by atoms with E-state index in [0.29, 0.717) is 26.1 Å². The smallest absolute Gasteiger partial charge is 0.296 e. The predicted octanol–water partition coefficient (Wildman–Crippen LogP) is 1.49. The summed E-state index contributed by atoms with van der Waals surface area (Å²) in [6.45, 7) is 2.83. The number of benzene rings is 1. The summed E-state index contributed by atoms with van der Waals surface area (Å²) in [5, 5.41) is 9.51. The van der Waals surface area contributed by atoms with Crippen LogP contribution in [0, 0.1) is 12.3 Å². The lowest BCUT2D eigenvalue weighted by atomic mass is 9.82. The van der Waals surface area contributed by atoms with Gasteiger partial charge in [0, 0.05) is 18.6 Å². The van der Waals surface area contributed by atoms with E-state index in [4.69, 9.17) is 8.92 Å². The highest BCUT2D eigenvalue weighted by Crippen LogP contribution is 2.31. The second-order valence-electron chi connectivity index (χ2n) is 5.30. The molecule has 1 aromatic rings. The number of ether oxygens (including phenoxy) is 1. The van der Waals surface area contributed by atoms with Crippen LogP contribution in [0.1, 0.15) is 18.4 Å². The zero-order chi connectivity index (χ0) is 14.6. The summed E-state index contributed by atoms with van der Waals surface area (Å²) in [6, 6.07) is 6.51. The van der Waals surface area contributed by atoms with Gasteiger partial charge in [-0.25, -0.2) is 0 Å². The van der Waals surface area contributed by atoms with Crippen molar-refractivity contribution in [2.24, 2.45) is 5.41 Å². The van der Waals surface area contributed by atoms with Crippen molar-refractivity contribution < 1.29 is 22.4 Å². The van der Waals surface area contributed by atoms with Gasteiger partial charge in [-0.1, -0.05) is 17.7 Å². The minimum Gasteiger partial charge on any atom is -0.396 e. The van der Waals surface area contributed by atoms with Gasteiger partial charge in [0.2, 0.25) is 0 Å². The highest BCUT2D eigenvalue weighted by molar-refractivity contribution is 7.86. The molecule has 0 saturated carbocycles. The monoisotopic (exact) mass is 300 g/mol. The average molecular weight is 300 g/mol. The maximum absolute atomic E-state index is 12.1. The second kappa shape index (κ2) is 6.22. The van der Waals surface area contributed by atoms with Gasteiger partial charge in [0.15, 0.2) is 0 Å². The lowest BCUT2D eigenvalue weighted by Gasteiger charge is -2.34. The first-order valence-electron chi connectivity index (χ1n) is 6.62. The van der Waals surface area contributed by atoms with Crippen LogP contribution in [-0.4, -0.2) is 40.0 Å². The summed E-state index contributed by atoms with van der Waals surface area (Å²) in [5.41, 5.74) is 0.468. The van der Waals surface area contributed by atoms with Crippen molar-refractivity contribution in [2.45, 2.75) is 24.7 Å². The molecule has 2 rings (SSSR count). The van der Waals surface area contributed by atoms with Gasteiger partial charge in [-0.05, 0) is 31.9 Å². The molecular formula is C14H20O5S. The standard InChI is InChI=1S/C14H20O5S/c1-12-2-4-13(5-3-12)20(16,17)19-11-14(10-15)6-8-18-9-7-14/h2-5,15H,6-11H2,1H3. The van der Waals surface area contributed by atoms with Crippen molar-refractivity contribution in [1.82, 2.24) is 0 Å². The number of aryl methyl sites for hydroxylation is 1. The number of hydrogen-bond acceptors (Lipinski definition) is 5. The van der Waals surface area contributed by atoms with Gasteiger partial charge < -0.3 is 9.84 Å². The molecule has 1 aromatic carbocycles. The third-order valence-corrected chi connectivity index (χ3v) is 5.00. The minimum atomic E-state index is -3.78. The molecular weight excluding hydrogens is 280 g/mol. The van der Waals surface area contributed by atoms with Crippen molar-refractivity contribution in [3.63, 3.8) is 0 Å². The Hall–Kier alpha value is -0.950. The molecule has 1 heterocycles. The molecule has 1 N–H and O–H groups in total. The molecule has 0 amide bonds. The maximum atomic E-state index is 12.1. The number of hydrogen-bond donors (Lipinski definition) is 1. The largest absolute Gasteiger partial charge is 0.396 e. The van der Waals surface area contributed by atoms with Crippen molar-refractivity contribution in [3.05, 3.63) is 29.8 Å². The fourth-order valence-corrected chi connectivity index (χ4v) is 3.14. The van der Waals surface area contributed by atoms with Gasteiger partial charge in [0.25, 0.3) is 10.1 Å². The predicted molar refractivity (Wildman–Crippen MR) is 73.9 cm³/mol. The maximum Gasteiger partial charge on any atom is 0.296 e. The Balaban J connectivity index is 2.06. The molecule has 1 aliphatic heterocycles. The van der Waals surface area contributed by atoms with Crippen LogP contribution < -0.4 is 0 Å². The molecule has 1 aliphatic rings. The highest BCUT2D eigenvalue weighted by atomic mass is 32.2. The normalized spacial score (nSPS) is 18.9. The Bertz CT molecular complexity index is 529. The Morgan fingerprint density at radius 2 is 1.85 bits per heavy atom. The molecule has 6 heteroatoms. The van der Waals surface area contributed by atoms with Crippen LogP contribution in [0.2, 0.25) is 0 Å². The molecule has 0 bridgehead atoms. The van der Waals surface area contributed by atoms with E-state index in [2.05, 4.69) is 0 Å². The highest BCUT2D eigenvalue weighted by Gasteiger charge is 2.34. The first-order valence-corrected chi connectivity index (χ1v) is 8.03. The fourth-order valence-electron chi connectivity index (χ4n) is 2.13. The van der Waals surface area contributed by atoms with Crippen LogP contribution >= 0.6 is 0 Å². The van der Waals surface area contributed by atoms with Crippen molar-refractivity contribution in [1.29, 1.82) is 0 Å². The second-order valence-corrected chi connectivity index (χ2v) is 6.92. The van der Waals surface area contributed by atoms with Gasteiger partial charge >= 0.3 is 0 Å². The SMILES string of the molecule is Cc1ccc(S(=O)(=O)OCC2(CO)CCOCC2)cc1. The number of rotatable bonds is 5. The van der Waals surface area contributed by atoms with Gasteiger partial charge in [-0.15, -0.1) is 0 Å². The van der Waals surface area contributed by atoms with Crippen LogP contribution in [0.3, 0.4) is 0 Å². The van der Waals surface area contributed by atoms with Crippen LogP contribution in [0.5, 0.6) is 0 Å². The lowest BCUT2D eigenvalue weighted by Crippen LogP contribution is -2.38. The minimum absolute atomic E-state index is 0.0108. The summed E-state index contributed by atoms with van der Waals surface area (Å²) in [4.78, 5) is 0.142. The molecule has 0 unspecified atom stereocenters. The van der Waals surface area contributed by atoms with E-state index in [1.165, 1.54) is 12.1 Å². The Kier molecular flexibility index (Phi) is 4.80. The summed E-state index contributed by atoms with van der Waals surface area (Å²) in [6.07, 6.45) is 1.21. The van der Waals surface area contributed by atoms with Crippen LogP contribution in [0.25, 0.3) is 0 Å². The number of aliphatic hydroxyl groups is 1. The van der Waals surface area contributed by atoms with Gasteiger partial charge in [-0.2, -0.15) is 8.42 Å². The van der Waals surface area contributed by atoms with E-state index in [0.717, 1.165) is 5.56 Å². The fraction of sp³-hybridized carbons (Fsp3) is 0.571. The van der Waals surface area contributed by atoms with Crippen LogP contribution in [-0.2, 0) is 19.0 Å². The van der Waals surface area contributed by atoms with E-state index >= 15 is 0 Å². The third-order valence-electron chi connectivity index (χ3n) is 3.72. The van der Waals surface area contributed by atoms with E-state index in [1.54, 1.807) is 12.1 Å². The first-order chi connectivity index (χ1) is 9.47. The molecule has 0 spiro atoms. The molecule has 20 heavy (non-hydrogen) atoms. The van der Waals surface area contributed by atoms with E-state index in [-0.39, 0.29) is 18.1 Å². The molecule has 1 saturated heterocycles.